The van der Waals surface area contributed by atoms with Gasteiger partial charge in [0.05, 0.1) is 19.8 Å². The van der Waals surface area contributed by atoms with E-state index in [9.17, 15) is 4.79 Å². The molecule has 3 rings (SSSR count). The summed E-state index contributed by atoms with van der Waals surface area (Å²) in [5.74, 6) is 1.37. The van der Waals surface area contributed by atoms with Crippen LogP contribution in [0.4, 0.5) is 0 Å². The van der Waals surface area contributed by atoms with Gasteiger partial charge < -0.3 is 14.4 Å². The zero-order valence-corrected chi connectivity index (χ0v) is 13.9. The van der Waals surface area contributed by atoms with Gasteiger partial charge in [0.15, 0.2) is 0 Å². The first-order valence-corrected chi connectivity index (χ1v) is 8.24. The molecule has 1 amide bonds. The van der Waals surface area contributed by atoms with Crippen molar-refractivity contribution in [2.24, 2.45) is 0 Å². The second kappa shape index (κ2) is 5.87. The minimum absolute atomic E-state index is 0.0846. The normalized spacial score (nSPS) is 27.6. The molecule has 1 aromatic carbocycles. The van der Waals surface area contributed by atoms with Gasteiger partial charge in [0, 0.05) is 23.0 Å². The largest absolute Gasteiger partial charge is 0.497 e. The molecule has 2 aliphatic rings. The number of carbonyl (C=O) groups is 1. The highest BCUT2D eigenvalue weighted by atomic mass is 79.9. The number of piperidine rings is 1. The standard InChI is InChI=1S/C16H20BrNO3/c1-20-13-5-6-14(15(9-13)21-2)16(19)18-11-3-4-12(18)8-10(17)7-11/h5-6,9-12H,3-4,7-8H2,1-2H3. The first-order chi connectivity index (χ1) is 10.1. The van der Waals surface area contributed by atoms with Crippen LogP contribution in [0.15, 0.2) is 18.2 Å². The van der Waals surface area contributed by atoms with Gasteiger partial charge in [0.1, 0.15) is 11.5 Å². The molecule has 5 heteroatoms. The molecule has 2 bridgehead atoms. The fourth-order valence-electron chi connectivity index (χ4n) is 3.56. The fraction of sp³-hybridized carbons (Fsp3) is 0.562. The van der Waals surface area contributed by atoms with E-state index in [1.165, 1.54) is 0 Å². The van der Waals surface area contributed by atoms with E-state index in [2.05, 4.69) is 20.8 Å². The molecule has 0 N–H and O–H groups in total. The van der Waals surface area contributed by atoms with Crippen LogP contribution in [0.2, 0.25) is 0 Å². The number of methoxy groups -OCH3 is 2. The van der Waals surface area contributed by atoms with Crippen molar-refractivity contribution in [3.05, 3.63) is 23.8 Å². The molecule has 0 spiro atoms. The number of nitrogens with zero attached hydrogens (tertiary/aromatic N) is 1. The van der Waals surface area contributed by atoms with Crippen molar-refractivity contribution in [3.63, 3.8) is 0 Å². The lowest BCUT2D eigenvalue weighted by Crippen LogP contribution is -2.46. The van der Waals surface area contributed by atoms with Gasteiger partial charge in [0.25, 0.3) is 5.91 Å². The van der Waals surface area contributed by atoms with Crippen LogP contribution in [0.1, 0.15) is 36.0 Å². The summed E-state index contributed by atoms with van der Waals surface area (Å²) in [6.07, 6.45) is 4.30. The topological polar surface area (TPSA) is 38.8 Å². The number of benzene rings is 1. The van der Waals surface area contributed by atoms with Crippen molar-refractivity contribution >= 4 is 21.8 Å². The Labute approximate surface area is 133 Å². The molecule has 4 nitrogen and oxygen atoms in total. The average Bonchev–Trinajstić information content (AvgIpc) is 2.77. The van der Waals surface area contributed by atoms with Gasteiger partial charge >= 0.3 is 0 Å². The first kappa shape index (κ1) is 14.7. The van der Waals surface area contributed by atoms with Crippen LogP contribution in [-0.4, -0.2) is 41.9 Å². The third kappa shape index (κ3) is 2.63. The number of alkyl halides is 1. The van der Waals surface area contributed by atoms with Crippen molar-refractivity contribution in [2.75, 3.05) is 14.2 Å². The monoisotopic (exact) mass is 353 g/mol. The number of ether oxygens (including phenoxy) is 2. The Morgan fingerprint density at radius 1 is 1.19 bits per heavy atom. The summed E-state index contributed by atoms with van der Waals surface area (Å²) in [6, 6.07) is 6.10. The maximum absolute atomic E-state index is 12.9. The molecule has 0 aliphatic carbocycles. The lowest BCUT2D eigenvalue weighted by atomic mass is 10.0. The van der Waals surface area contributed by atoms with Gasteiger partial charge in [-0.2, -0.15) is 0 Å². The SMILES string of the molecule is COc1ccc(C(=O)N2C3CCC2CC(Br)C3)c(OC)c1. The highest BCUT2D eigenvalue weighted by molar-refractivity contribution is 9.09. The van der Waals surface area contributed by atoms with E-state index in [0.29, 0.717) is 34.0 Å². The van der Waals surface area contributed by atoms with Gasteiger partial charge in [-0.05, 0) is 37.8 Å². The predicted molar refractivity (Wildman–Crippen MR) is 84.5 cm³/mol. The molecule has 2 aliphatic heterocycles. The Kier molecular flexibility index (Phi) is 4.11. The minimum Gasteiger partial charge on any atom is -0.497 e. The minimum atomic E-state index is 0.0846. The summed E-state index contributed by atoms with van der Waals surface area (Å²) in [7, 11) is 3.20. The first-order valence-electron chi connectivity index (χ1n) is 7.32. The molecule has 0 saturated carbocycles. The average molecular weight is 354 g/mol. The molecular weight excluding hydrogens is 334 g/mol. The summed E-state index contributed by atoms with van der Waals surface area (Å²) in [4.78, 5) is 15.5. The molecule has 2 atom stereocenters. The van der Waals surface area contributed by atoms with Crippen LogP contribution < -0.4 is 9.47 Å². The molecule has 2 fully saturated rings. The third-order valence-corrected chi connectivity index (χ3v) is 5.30. The lowest BCUT2D eigenvalue weighted by molar-refractivity contribution is 0.0600. The van der Waals surface area contributed by atoms with Crippen molar-refractivity contribution < 1.29 is 14.3 Å². The molecular formula is C16H20BrNO3. The molecule has 1 aromatic rings. The Hall–Kier alpha value is -1.23. The van der Waals surface area contributed by atoms with Crippen molar-refractivity contribution in [1.29, 1.82) is 0 Å². The van der Waals surface area contributed by atoms with Crippen LogP contribution in [0.25, 0.3) is 0 Å². The van der Waals surface area contributed by atoms with Crippen LogP contribution in [0, 0.1) is 0 Å². The summed E-state index contributed by atoms with van der Waals surface area (Å²) in [6.45, 7) is 0. The van der Waals surface area contributed by atoms with E-state index in [-0.39, 0.29) is 5.91 Å². The molecule has 21 heavy (non-hydrogen) atoms. The Morgan fingerprint density at radius 3 is 2.43 bits per heavy atom. The summed E-state index contributed by atoms with van der Waals surface area (Å²) < 4.78 is 10.6. The maximum atomic E-state index is 12.9. The van der Waals surface area contributed by atoms with Gasteiger partial charge in [-0.1, -0.05) is 15.9 Å². The molecule has 2 saturated heterocycles. The molecule has 2 heterocycles. The van der Waals surface area contributed by atoms with Crippen LogP contribution in [0.5, 0.6) is 11.5 Å². The summed E-state index contributed by atoms with van der Waals surface area (Å²) in [5.41, 5.74) is 0.628. The van der Waals surface area contributed by atoms with Crippen molar-refractivity contribution in [2.45, 2.75) is 42.6 Å². The highest BCUT2D eigenvalue weighted by Crippen LogP contribution is 2.40. The summed E-state index contributed by atoms with van der Waals surface area (Å²) >= 11 is 3.71. The second-order valence-corrected chi connectivity index (χ2v) is 7.03. The zero-order chi connectivity index (χ0) is 15.0. The van der Waals surface area contributed by atoms with Crippen LogP contribution in [-0.2, 0) is 0 Å². The van der Waals surface area contributed by atoms with E-state index in [1.54, 1.807) is 26.4 Å². The number of amides is 1. The number of fused-ring (bicyclic) bond motifs is 2. The second-order valence-electron chi connectivity index (χ2n) is 5.73. The highest BCUT2D eigenvalue weighted by Gasteiger charge is 2.43. The molecule has 2 unspecified atom stereocenters. The quantitative estimate of drug-likeness (QED) is 0.783. The van der Waals surface area contributed by atoms with E-state index in [0.717, 1.165) is 25.7 Å². The predicted octanol–water partition coefficient (Wildman–Crippen LogP) is 3.23. The van der Waals surface area contributed by atoms with E-state index < -0.39 is 0 Å². The van der Waals surface area contributed by atoms with E-state index in [4.69, 9.17) is 9.47 Å². The molecule has 114 valence electrons. The number of hydrogen-bond acceptors (Lipinski definition) is 3. The number of halogens is 1. The molecule has 0 radical (unpaired) electrons. The van der Waals surface area contributed by atoms with E-state index >= 15 is 0 Å². The Balaban J connectivity index is 1.89. The van der Waals surface area contributed by atoms with Gasteiger partial charge in [0.2, 0.25) is 0 Å². The third-order valence-electron chi connectivity index (χ3n) is 4.55. The van der Waals surface area contributed by atoms with Gasteiger partial charge in [-0.15, -0.1) is 0 Å². The van der Waals surface area contributed by atoms with Crippen LogP contribution >= 0.6 is 15.9 Å². The maximum Gasteiger partial charge on any atom is 0.258 e. The van der Waals surface area contributed by atoms with Crippen molar-refractivity contribution in [1.82, 2.24) is 4.90 Å². The lowest BCUT2D eigenvalue weighted by Gasteiger charge is -2.37. The van der Waals surface area contributed by atoms with E-state index in [1.807, 2.05) is 6.07 Å². The summed E-state index contributed by atoms with van der Waals surface area (Å²) in [5, 5.41) is 0. The Morgan fingerprint density at radius 2 is 1.86 bits per heavy atom. The zero-order valence-electron chi connectivity index (χ0n) is 12.3. The van der Waals surface area contributed by atoms with Gasteiger partial charge in [-0.3, -0.25) is 4.79 Å². The Bertz CT molecular complexity index is 534. The molecule has 0 aromatic heterocycles. The van der Waals surface area contributed by atoms with Crippen LogP contribution in [0.3, 0.4) is 0 Å². The number of rotatable bonds is 3. The van der Waals surface area contributed by atoms with Crippen molar-refractivity contribution in [3.8, 4) is 11.5 Å². The van der Waals surface area contributed by atoms with Gasteiger partial charge in [-0.25, -0.2) is 0 Å². The number of carbonyl (C=O) groups excluding carboxylic acids is 1. The smallest absolute Gasteiger partial charge is 0.258 e. The fourth-order valence-corrected chi connectivity index (χ4v) is 4.42. The number of hydrogen-bond donors (Lipinski definition) is 0.